The highest BCUT2D eigenvalue weighted by molar-refractivity contribution is 7.47. The Balaban J connectivity index is 4.03. The van der Waals surface area contributed by atoms with E-state index in [1.165, 1.54) is 135 Å². The molecule has 0 rings (SSSR count). The minimum absolute atomic E-state index is 0.0881. The Kier molecular flexibility index (Phi) is 50.8. The Morgan fingerprint density at radius 2 is 0.846 bits per heavy atom. The second-order valence-corrected chi connectivity index (χ2v) is 18.8. The van der Waals surface area contributed by atoms with Gasteiger partial charge in [-0.2, -0.15) is 0 Å². The van der Waals surface area contributed by atoms with Gasteiger partial charge in [0.25, 0.3) is 0 Å². The standard InChI is InChI=1S/C56H100NO7P/c1-3-5-7-9-11-13-15-17-19-21-23-25-27-29-31-33-35-37-39-41-43-45-47-49-56(58)64-55(54-63-65(59,60)62-52-50-57)53-61-51-48-46-44-42-40-38-36-34-32-30-28-26-24-22-20-18-16-14-12-10-8-6-4-2/h5,7,11,13,17,19,23,25,29,31,35,37,41,43,55H,3-4,6,8-10,12,14-16,18,20-22,24,26-28,30,32-34,36,38-40,42,44-54,57H2,1-2H3,(H,59,60)/b7-5-,13-11-,19-17-,25-23-,31-29-,37-35-,43-41-. The first-order valence-electron chi connectivity index (χ1n) is 26.6. The predicted octanol–water partition coefficient (Wildman–Crippen LogP) is 16.8. The summed E-state index contributed by atoms with van der Waals surface area (Å²) in [6.45, 7) is 4.75. The van der Waals surface area contributed by atoms with E-state index >= 15 is 0 Å². The second-order valence-electron chi connectivity index (χ2n) is 17.4. The number of allylic oxidation sites excluding steroid dienone is 14. The van der Waals surface area contributed by atoms with Gasteiger partial charge in [0.1, 0.15) is 6.10 Å². The van der Waals surface area contributed by atoms with Gasteiger partial charge in [-0.05, 0) is 64.2 Å². The summed E-state index contributed by atoms with van der Waals surface area (Å²) in [4.78, 5) is 22.6. The number of phosphoric ester groups is 1. The molecule has 8 nitrogen and oxygen atoms in total. The maximum Gasteiger partial charge on any atom is 0.472 e. The van der Waals surface area contributed by atoms with Crippen molar-refractivity contribution in [1.82, 2.24) is 0 Å². The Hall–Kier alpha value is -2.32. The molecular formula is C56H100NO7P. The molecule has 65 heavy (non-hydrogen) atoms. The average Bonchev–Trinajstić information content (AvgIpc) is 3.30. The van der Waals surface area contributed by atoms with Gasteiger partial charge in [-0.3, -0.25) is 13.8 Å². The molecule has 0 aliphatic heterocycles. The summed E-state index contributed by atoms with van der Waals surface area (Å²) in [6.07, 6.45) is 69.2. The molecule has 0 aromatic carbocycles. The van der Waals surface area contributed by atoms with E-state index in [9.17, 15) is 14.3 Å². The molecule has 0 aliphatic rings. The number of esters is 1. The number of carbonyl (C=O) groups is 1. The summed E-state index contributed by atoms with van der Waals surface area (Å²) < 4.78 is 33.6. The van der Waals surface area contributed by atoms with E-state index in [-0.39, 0.29) is 38.8 Å². The maximum atomic E-state index is 12.6. The van der Waals surface area contributed by atoms with E-state index in [4.69, 9.17) is 24.3 Å². The summed E-state index contributed by atoms with van der Waals surface area (Å²) in [6, 6.07) is 0. The van der Waals surface area contributed by atoms with Gasteiger partial charge < -0.3 is 20.1 Å². The highest BCUT2D eigenvalue weighted by atomic mass is 31.2. The fourth-order valence-corrected chi connectivity index (χ4v) is 7.99. The minimum Gasteiger partial charge on any atom is -0.457 e. The van der Waals surface area contributed by atoms with Gasteiger partial charge in [-0.15, -0.1) is 0 Å². The zero-order valence-corrected chi connectivity index (χ0v) is 42.8. The highest BCUT2D eigenvalue weighted by Crippen LogP contribution is 2.43. The van der Waals surface area contributed by atoms with E-state index in [1.807, 2.05) is 0 Å². The van der Waals surface area contributed by atoms with Crippen molar-refractivity contribution < 1.29 is 32.8 Å². The molecule has 0 spiro atoms. The molecule has 3 N–H and O–H groups in total. The van der Waals surface area contributed by atoms with Crippen LogP contribution in [0.5, 0.6) is 0 Å². The number of unbranched alkanes of at least 4 members (excludes halogenated alkanes) is 23. The lowest BCUT2D eigenvalue weighted by Gasteiger charge is -2.20. The van der Waals surface area contributed by atoms with Gasteiger partial charge in [0.15, 0.2) is 0 Å². The SMILES string of the molecule is CC/C=C\C/C=C\C/C=C\C/C=C\C/C=C\C/C=C\C/C=C\CCCC(=O)OC(COCCCCCCCCCCCCCCCCCCCCCCCCC)COP(=O)(O)OCCN. The third-order valence-corrected chi connectivity index (χ3v) is 12.1. The summed E-state index contributed by atoms with van der Waals surface area (Å²) in [5, 5.41) is 0. The average molecular weight is 930 g/mol. The van der Waals surface area contributed by atoms with E-state index in [1.54, 1.807) is 0 Å². The van der Waals surface area contributed by atoms with Crippen LogP contribution >= 0.6 is 7.82 Å². The van der Waals surface area contributed by atoms with Crippen LogP contribution in [0.4, 0.5) is 0 Å². The number of hydrogen-bond donors (Lipinski definition) is 2. The number of hydrogen-bond acceptors (Lipinski definition) is 7. The molecule has 0 fully saturated rings. The first-order chi connectivity index (χ1) is 31.9. The molecular weight excluding hydrogens is 830 g/mol. The summed E-state index contributed by atoms with van der Waals surface area (Å²) in [7, 11) is -4.30. The molecule has 2 unspecified atom stereocenters. The van der Waals surface area contributed by atoms with Gasteiger partial charge in [0.05, 0.1) is 19.8 Å². The largest absolute Gasteiger partial charge is 0.472 e. The van der Waals surface area contributed by atoms with Crippen LogP contribution in [-0.4, -0.2) is 49.9 Å². The minimum atomic E-state index is -4.30. The quantitative estimate of drug-likeness (QED) is 0.0268. The molecule has 376 valence electrons. The monoisotopic (exact) mass is 930 g/mol. The summed E-state index contributed by atoms with van der Waals surface area (Å²) >= 11 is 0. The zero-order valence-electron chi connectivity index (χ0n) is 42.0. The molecule has 0 aliphatic carbocycles. The lowest BCUT2D eigenvalue weighted by Crippen LogP contribution is -2.28. The number of phosphoric acid groups is 1. The fourth-order valence-electron chi connectivity index (χ4n) is 7.22. The van der Waals surface area contributed by atoms with Crippen LogP contribution in [0.25, 0.3) is 0 Å². The Morgan fingerprint density at radius 1 is 0.477 bits per heavy atom. The van der Waals surface area contributed by atoms with Crippen LogP contribution in [0.3, 0.4) is 0 Å². The van der Waals surface area contributed by atoms with Crippen LogP contribution in [0, 0.1) is 0 Å². The van der Waals surface area contributed by atoms with Gasteiger partial charge in [0.2, 0.25) is 0 Å². The number of ether oxygens (including phenoxy) is 2. The molecule has 2 atom stereocenters. The van der Waals surface area contributed by atoms with Crippen LogP contribution in [-0.2, 0) is 27.9 Å². The van der Waals surface area contributed by atoms with Crippen LogP contribution < -0.4 is 5.73 Å². The lowest BCUT2D eigenvalue weighted by molar-refractivity contribution is -0.154. The normalized spacial score (nSPS) is 14.0. The molecule has 0 aromatic rings. The number of rotatable bonds is 50. The Bertz CT molecular complexity index is 1270. The van der Waals surface area contributed by atoms with Gasteiger partial charge in [0, 0.05) is 19.6 Å². The van der Waals surface area contributed by atoms with Crippen LogP contribution in [0.15, 0.2) is 85.1 Å². The Labute approximate surface area is 400 Å². The number of nitrogens with two attached hydrogens (primary N) is 1. The van der Waals surface area contributed by atoms with E-state index in [2.05, 4.69) is 98.9 Å². The van der Waals surface area contributed by atoms with E-state index in [0.717, 1.165) is 64.2 Å². The highest BCUT2D eigenvalue weighted by Gasteiger charge is 2.25. The fraction of sp³-hybridized carbons (Fsp3) is 0.732. The van der Waals surface area contributed by atoms with Gasteiger partial charge >= 0.3 is 13.8 Å². The Morgan fingerprint density at radius 3 is 1.23 bits per heavy atom. The van der Waals surface area contributed by atoms with Crippen molar-refractivity contribution in [2.24, 2.45) is 5.73 Å². The number of carbonyl (C=O) groups excluding carboxylic acids is 1. The zero-order chi connectivity index (χ0) is 47.3. The first kappa shape index (κ1) is 62.7. The molecule has 0 radical (unpaired) electrons. The van der Waals surface area contributed by atoms with Gasteiger partial charge in [-0.1, -0.05) is 240 Å². The smallest absolute Gasteiger partial charge is 0.457 e. The van der Waals surface area contributed by atoms with Crippen molar-refractivity contribution in [1.29, 1.82) is 0 Å². The van der Waals surface area contributed by atoms with E-state index < -0.39 is 13.9 Å². The van der Waals surface area contributed by atoms with Gasteiger partial charge in [-0.25, -0.2) is 4.57 Å². The third kappa shape index (κ3) is 52.5. The van der Waals surface area contributed by atoms with Crippen molar-refractivity contribution in [2.75, 3.05) is 33.0 Å². The summed E-state index contributed by atoms with van der Waals surface area (Å²) in [5.41, 5.74) is 5.39. The molecule has 0 saturated heterocycles. The molecule has 0 heterocycles. The van der Waals surface area contributed by atoms with Crippen LogP contribution in [0.1, 0.15) is 226 Å². The second kappa shape index (κ2) is 52.6. The van der Waals surface area contributed by atoms with E-state index in [0.29, 0.717) is 13.0 Å². The predicted molar refractivity (Wildman–Crippen MR) is 279 cm³/mol. The molecule has 0 amide bonds. The molecule has 0 aromatic heterocycles. The molecule has 0 bridgehead atoms. The first-order valence-corrected chi connectivity index (χ1v) is 28.1. The van der Waals surface area contributed by atoms with Crippen molar-refractivity contribution in [2.45, 2.75) is 232 Å². The van der Waals surface area contributed by atoms with Crippen molar-refractivity contribution in [3.05, 3.63) is 85.1 Å². The van der Waals surface area contributed by atoms with Crippen molar-refractivity contribution in [3.63, 3.8) is 0 Å². The van der Waals surface area contributed by atoms with Crippen molar-refractivity contribution >= 4 is 13.8 Å². The third-order valence-electron chi connectivity index (χ3n) is 11.1. The summed E-state index contributed by atoms with van der Waals surface area (Å²) in [5.74, 6) is -0.386. The molecule has 0 saturated carbocycles. The molecule has 9 heteroatoms. The van der Waals surface area contributed by atoms with Crippen LogP contribution in [0.2, 0.25) is 0 Å². The lowest BCUT2D eigenvalue weighted by atomic mass is 10.0. The van der Waals surface area contributed by atoms with Crippen molar-refractivity contribution in [3.8, 4) is 0 Å². The topological polar surface area (TPSA) is 117 Å². The maximum absolute atomic E-state index is 12.6.